The minimum atomic E-state index is 0.468. The van der Waals surface area contributed by atoms with Gasteiger partial charge in [0.2, 0.25) is 0 Å². The first-order valence-electron chi connectivity index (χ1n) is 2.53. The van der Waals surface area contributed by atoms with Crippen LogP contribution >= 0.6 is 22.6 Å². The molecule has 4 nitrogen and oxygen atoms in total. The molecule has 0 fully saturated rings. The van der Waals surface area contributed by atoms with Gasteiger partial charge in [-0.3, -0.25) is 0 Å². The van der Waals surface area contributed by atoms with Gasteiger partial charge in [0.1, 0.15) is 5.82 Å². The van der Waals surface area contributed by atoms with Gasteiger partial charge in [0.05, 0.1) is 5.29 Å². The van der Waals surface area contributed by atoms with Gasteiger partial charge in [0.25, 0.3) is 0 Å². The monoisotopic (exact) mass is 249 g/mol. The van der Waals surface area contributed by atoms with Crippen LogP contribution in [0.2, 0.25) is 0 Å². The maximum Gasteiger partial charge on any atom is 0.148 e. The summed E-state index contributed by atoms with van der Waals surface area (Å²) in [6.07, 6.45) is 1.65. The van der Waals surface area contributed by atoms with E-state index in [0.29, 0.717) is 5.82 Å². The zero-order valence-electron chi connectivity index (χ0n) is 4.91. The molecule has 0 amide bonds. The van der Waals surface area contributed by atoms with Gasteiger partial charge >= 0.3 is 0 Å². The second-order valence-corrected chi connectivity index (χ2v) is 2.81. The lowest BCUT2D eigenvalue weighted by atomic mass is 10.5. The second kappa shape index (κ2) is 3.45. The Bertz CT molecular complexity index is 223. The molecule has 1 N–H and O–H groups in total. The number of hydrogen-bond acceptors (Lipinski definition) is 3. The van der Waals surface area contributed by atoms with E-state index >= 15 is 0 Å². The first-order valence-corrected chi connectivity index (χ1v) is 3.61. The highest BCUT2D eigenvalue weighted by Gasteiger charge is 1.89. The SMILES string of the molecule is O=NNc1ccc(I)cn1. The lowest BCUT2D eigenvalue weighted by Crippen LogP contribution is -1.88. The Balaban J connectivity index is 2.78. The van der Waals surface area contributed by atoms with Crippen molar-refractivity contribution in [1.82, 2.24) is 4.98 Å². The first kappa shape index (κ1) is 7.39. The van der Waals surface area contributed by atoms with Crippen molar-refractivity contribution in [3.8, 4) is 0 Å². The second-order valence-electron chi connectivity index (χ2n) is 1.56. The Morgan fingerprint density at radius 1 is 1.60 bits per heavy atom. The third kappa shape index (κ3) is 1.90. The number of halogens is 1. The molecule has 52 valence electrons. The van der Waals surface area contributed by atoms with Crippen LogP contribution < -0.4 is 5.43 Å². The highest BCUT2D eigenvalue weighted by atomic mass is 127. The molecule has 0 radical (unpaired) electrons. The highest BCUT2D eigenvalue weighted by molar-refractivity contribution is 14.1. The minimum absolute atomic E-state index is 0.468. The van der Waals surface area contributed by atoms with Crippen LogP contribution in [-0.4, -0.2) is 4.98 Å². The molecule has 0 saturated carbocycles. The van der Waals surface area contributed by atoms with E-state index in [1.165, 1.54) is 0 Å². The van der Waals surface area contributed by atoms with E-state index in [2.05, 4.69) is 38.3 Å². The van der Waals surface area contributed by atoms with Crippen LogP contribution in [0.15, 0.2) is 23.6 Å². The number of nitrogens with one attached hydrogen (secondary N) is 1. The summed E-state index contributed by atoms with van der Waals surface area (Å²) in [4.78, 5) is 13.5. The van der Waals surface area contributed by atoms with Gasteiger partial charge in [-0.15, -0.1) is 4.91 Å². The standard InChI is InChI=1S/C5H4IN3O/c6-4-1-2-5(7-3-4)8-9-10/h1-3H,(H,7,8,10). The Morgan fingerprint density at radius 3 is 2.90 bits per heavy atom. The van der Waals surface area contributed by atoms with Gasteiger partial charge in [-0.1, -0.05) is 0 Å². The number of nitroso groups, excluding NO2 is 1. The summed E-state index contributed by atoms with van der Waals surface area (Å²) in [7, 11) is 0. The molecule has 0 spiro atoms. The number of rotatable bonds is 2. The molecule has 1 heterocycles. The summed E-state index contributed by atoms with van der Waals surface area (Å²) in [5, 5.41) is 2.47. The van der Waals surface area contributed by atoms with Crippen LogP contribution in [0.4, 0.5) is 5.82 Å². The van der Waals surface area contributed by atoms with Crippen LogP contribution in [0, 0.1) is 8.48 Å². The number of hydrogen-bond donors (Lipinski definition) is 1. The first-order chi connectivity index (χ1) is 4.83. The summed E-state index contributed by atoms with van der Waals surface area (Å²) < 4.78 is 1.02. The van der Waals surface area contributed by atoms with E-state index in [1.807, 2.05) is 6.07 Å². The molecule has 10 heavy (non-hydrogen) atoms. The Morgan fingerprint density at radius 2 is 2.40 bits per heavy atom. The molecule has 0 aromatic carbocycles. The molecule has 0 aliphatic carbocycles. The molecule has 0 aliphatic rings. The van der Waals surface area contributed by atoms with E-state index in [-0.39, 0.29) is 0 Å². The van der Waals surface area contributed by atoms with Crippen molar-refractivity contribution in [3.05, 3.63) is 26.8 Å². The molecule has 0 bridgehead atoms. The molecule has 0 aliphatic heterocycles. The van der Waals surface area contributed by atoms with Crippen molar-refractivity contribution < 1.29 is 0 Å². The highest BCUT2D eigenvalue weighted by Crippen LogP contribution is 2.06. The predicted octanol–water partition coefficient (Wildman–Crippen LogP) is 1.78. The fourth-order valence-electron chi connectivity index (χ4n) is 0.489. The molecule has 0 atom stereocenters. The summed E-state index contributed by atoms with van der Waals surface area (Å²) in [5.74, 6) is 0.468. The average molecular weight is 249 g/mol. The van der Waals surface area contributed by atoms with E-state index in [9.17, 15) is 4.91 Å². The van der Waals surface area contributed by atoms with Gasteiger partial charge in [0.15, 0.2) is 0 Å². The zero-order valence-corrected chi connectivity index (χ0v) is 7.07. The number of pyridine rings is 1. The number of nitrogens with zero attached hydrogens (tertiary/aromatic N) is 2. The zero-order chi connectivity index (χ0) is 7.40. The summed E-state index contributed by atoms with van der Waals surface area (Å²) in [6.45, 7) is 0. The molecule has 1 rings (SSSR count). The fourth-order valence-corrected chi connectivity index (χ4v) is 0.808. The number of aromatic nitrogens is 1. The lowest BCUT2D eigenvalue weighted by molar-refractivity contribution is 1.21. The Labute approximate surface area is 71.1 Å². The van der Waals surface area contributed by atoms with Gasteiger partial charge in [-0.05, 0) is 34.7 Å². The van der Waals surface area contributed by atoms with Crippen molar-refractivity contribution in [2.45, 2.75) is 0 Å². The molecule has 0 unspecified atom stereocenters. The van der Waals surface area contributed by atoms with Crippen LogP contribution in [0.5, 0.6) is 0 Å². The lowest BCUT2D eigenvalue weighted by Gasteiger charge is -1.93. The predicted molar refractivity (Wildman–Crippen MR) is 46.4 cm³/mol. The molecule has 1 aromatic rings. The summed E-state index contributed by atoms with van der Waals surface area (Å²) in [6, 6.07) is 3.52. The van der Waals surface area contributed by atoms with Crippen molar-refractivity contribution in [3.63, 3.8) is 0 Å². The minimum Gasteiger partial charge on any atom is -0.237 e. The van der Waals surface area contributed by atoms with E-state index < -0.39 is 0 Å². The average Bonchev–Trinajstić information content (AvgIpc) is 1.95. The molecule has 5 heteroatoms. The van der Waals surface area contributed by atoms with E-state index in [4.69, 9.17) is 0 Å². The normalized spacial score (nSPS) is 8.90. The van der Waals surface area contributed by atoms with Gasteiger partial charge < -0.3 is 0 Å². The molecular weight excluding hydrogens is 245 g/mol. The molecular formula is C5H4IN3O. The van der Waals surface area contributed by atoms with Crippen molar-refractivity contribution >= 4 is 28.4 Å². The largest absolute Gasteiger partial charge is 0.237 e. The smallest absolute Gasteiger partial charge is 0.148 e. The topological polar surface area (TPSA) is 54.4 Å². The van der Waals surface area contributed by atoms with Gasteiger partial charge in [-0.2, -0.15) is 0 Å². The van der Waals surface area contributed by atoms with Crippen LogP contribution in [-0.2, 0) is 0 Å². The van der Waals surface area contributed by atoms with E-state index in [1.54, 1.807) is 12.3 Å². The Kier molecular flexibility index (Phi) is 2.55. The summed E-state index contributed by atoms with van der Waals surface area (Å²) in [5.41, 5.74) is 2.19. The Hall–Kier alpha value is -0.720. The maximum absolute atomic E-state index is 9.66. The third-order valence-corrected chi connectivity index (χ3v) is 1.53. The van der Waals surface area contributed by atoms with Crippen molar-refractivity contribution in [2.24, 2.45) is 5.29 Å². The van der Waals surface area contributed by atoms with Crippen LogP contribution in [0.3, 0.4) is 0 Å². The van der Waals surface area contributed by atoms with Crippen LogP contribution in [0.25, 0.3) is 0 Å². The molecule has 0 saturated heterocycles. The maximum atomic E-state index is 9.66. The fraction of sp³-hybridized carbons (Fsp3) is 0. The van der Waals surface area contributed by atoms with E-state index in [0.717, 1.165) is 3.57 Å². The quantitative estimate of drug-likeness (QED) is 0.493. The van der Waals surface area contributed by atoms with Gasteiger partial charge in [-0.25, -0.2) is 10.4 Å². The third-order valence-electron chi connectivity index (χ3n) is 0.888. The number of anilines is 1. The molecule has 1 aromatic heterocycles. The van der Waals surface area contributed by atoms with Crippen molar-refractivity contribution in [1.29, 1.82) is 0 Å². The van der Waals surface area contributed by atoms with Crippen molar-refractivity contribution in [2.75, 3.05) is 5.43 Å². The summed E-state index contributed by atoms with van der Waals surface area (Å²) >= 11 is 2.13. The van der Waals surface area contributed by atoms with Gasteiger partial charge in [0, 0.05) is 9.77 Å². The van der Waals surface area contributed by atoms with Crippen LogP contribution in [0.1, 0.15) is 0 Å².